The van der Waals surface area contributed by atoms with Crippen molar-refractivity contribution in [3.8, 4) is 11.3 Å². The van der Waals surface area contributed by atoms with Crippen LogP contribution < -0.4 is 0 Å². The van der Waals surface area contributed by atoms with E-state index in [-0.39, 0.29) is 0 Å². The number of para-hydroxylation sites is 2. The van der Waals surface area contributed by atoms with Crippen molar-refractivity contribution in [1.82, 2.24) is 8.54 Å². The molecule has 3 aromatic heterocycles. The van der Waals surface area contributed by atoms with Gasteiger partial charge in [-0.3, -0.25) is 3.97 Å². The standard InChI is InChI=1S/C22H17IN2OS/c1-24-14-15(16-7-2-4-9-18(16)24)13-20-22(21-11-6-12-26-21)17-8-3-5-10-19(17)25(20)27-23/h2-12,14H,13H2,1H3. The lowest BCUT2D eigenvalue weighted by atomic mass is 10.0. The molecule has 0 aliphatic heterocycles. The number of aromatic nitrogens is 2. The molecule has 3 heterocycles. The highest BCUT2D eigenvalue weighted by atomic mass is 127. The lowest BCUT2D eigenvalue weighted by Crippen LogP contribution is -1.96. The molecule has 5 heteroatoms. The molecule has 3 nitrogen and oxygen atoms in total. The number of nitrogens with zero attached hydrogens (tertiary/aromatic N) is 2. The minimum atomic E-state index is 0.849. The molecule has 0 amide bonds. The van der Waals surface area contributed by atoms with Gasteiger partial charge in [-0.25, -0.2) is 0 Å². The fraction of sp³-hybridized carbons (Fsp3) is 0.0909. The van der Waals surface area contributed by atoms with Gasteiger partial charge in [0.2, 0.25) is 0 Å². The second kappa shape index (κ2) is 6.80. The van der Waals surface area contributed by atoms with E-state index in [2.05, 4.69) is 97.6 Å². The molecule has 2 aromatic carbocycles. The van der Waals surface area contributed by atoms with Gasteiger partial charge in [0, 0.05) is 77.5 Å². The summed E-state index contributed by atoms with van der Waals surface area (Å²) >= 11 is 2.37. The Hall–Kier alpha value is -2.12. The van der Waals surface area contributed by atoms with Crippen LogP contribution in [0.1, 0.15) is 11.3 Å². The molecule has 0 spiro atoms. The predicted molar refractivity (Wildman–Crippen MR) is 122 cm³/mol. The van der Waals surface area contributed by atoms with Gasteiger partial charge >= 0.3 is 0 Å². The third kappa shape index (κ3) is 2.72. The number of halogens is 1. The van der Waals surface area contributed by atoms with E-state index in [1.54, 1.807) is 15.4 Å². The van der Waals surface area contributed by atoms with E-state index >= 15 is 0 Å². The van der Waals surface area contributed by atoms with Gasteiger partial charge in [-0.1, -0.05) is 36.4 Å². The fourth-order valence-electron chi connectivity index (χ4n) is 3.95. The maximum atomic E-state index is 5.83. The van der Waals surface area contributed by atoms with Gasteiger partial charge < -0.3 is 8.98 Å². The largest absolute Gasteiger partial charge is 0.464 e. The van der Waals surface area contributed by atoms with Crippen molar-refractivity contribution in [2.75, 3.05) is 0 Å². The molecule has 0 bridgehead atoms. The Morgan fingerprint density at radius 2 is 1.67 bits per heavy atom. The zero-order chi connectivity index (χ0) is 18.4. The van der Waals surface area contributed by atoms with E-state index in [4.69, 9.17) is 4.42 Å². The van der Waals surface area contributed by atoms with Crippen molar-refractivity contribution in [1.29, 1.82) is 0 Å². The summed E-state index contributed by atoms with van der Waals surface area (Å²) in [7, 11) is 3.83. The fourth-order valence-corrected chi connectivity index (χ4v) is 5.77. The third-order valence-electron chi connectivity index (χ3n) is 5.10. The van der Waals surface area contributed by atoms with Crippen LogP contribution in [-0.2, 0) is 13.5 Å². The SMILES string of the molecule is Cn1cc(Cc2c(-c3ccco3)c3ccccc3n2SI)c2ccccc21. The average Bonchev–Trinajstić information content (AvgIpc) is 3.39. The maximum Gasteiger partial charge on any atom is 0.136 e. The Labute approximate surface area is 173 Å². The lowest BCUT2D eigenvalue weighted by Gasteiger charge is -2.07. The van der Waals surface area contributed by atoms with Crippen LogP contribution in [-0.4, -0.2) is 8.54 Å². The first-order chi connectivity index (χ1) is 13.3. The molecule has 0 unspecified atom stereocenters. The molecule has 27 heavy (non-hydrogen) atoms. The Morgan fingerprint density at radius 1 is 0.926 bits per heavy atom. The number of fused-ring (bicyclic) bond motifs is 2. The predicted octanol–water partition coefficient (Wildman–Crippen LogP) is 6.83. The Kier molecular flexibility index (Phi) is 4.28. The number of benzene rings is 2. The second-order valence-corrected chi connectivity index (χ2v) is 8.32. The van der Waals surface area contributed by atoms with Crippen LogP contribution in [0.5, 0.6) is 0 Å². The Morgan fingerprint density at radius 3 is 2.41 bits per heavy atom. The lowest BCUT2D eigenvalue weighted by molar-refractivity contribution is 0.582. The zero-order valence-corrected chi connectivity index (χ0v) is 17.7. The zero-order valence-electron chi connectivity index (χ0n) is 14.7. The molecule has 0 aliphatic carbocycles. The van der Waals surface area contributed by atoms with Crippen LogP contribution in [0, 0.1) is 0 Å². The first-order valence-corrected chi connectivity index (χ1v) is 12.1. The highest BCUT2D eigenvalue weighted by Crippen LogP contribution is 2.40. The van der Waals surface area contributed by atoms with Crippen LogP contribution in [0.2, 0.25) is 0 Å². The number of rotatable bonds is 4. The second-order valence-electron chi connectivity index (χ2n) is 6.64. The minimum absolute atomic E-state index is 0.849. The van der Waals surface area contributed by atoms with Gasteiger partial charge in [-0.2, -0.15) is 0 Å². The summed E-state index contributed by atoms with van der Waals surface area (Å²) in [5.41, 5.74) is 6.26. The van der Waals surface area contributed by atoms with Gasteiger partial charge in [-0.05, 0) is 29.8 Å². The number of furan rings is 1. The quantitative estimate of drug-likeness (QED) is 0.261. The van der Waals surface area contributed by atoms with E-state index in [9.17, 15) is 0 Å². The van der Waals surface area contributed by atoms with Crippen LogP contribution in [0.3, 0.4) is 0 Å². The molecule has 0 aliphatic rings. The van der Waals surface area contributed by atoms with Crippen LogP contribution in [0.25, 0.3) is 33.1 Å². The van der Waals surface area contributed by atoms with E-state index in [1.165, 1.54) is 38.6 Å². The van der Waals surface area contributed by atoms with Gasteiger partial charge in [-0.15, -0.1) is 0 Å². The first kappa shape index (κ1) is 17.0. The molecular formula is C22H17IN2OS. The summed E-state index contributed by atoms with van der Waals surface area (Å²) in [6.45, 7) is 0. The topological polar surface area (TPSA) is 23.0 Å². The van der Waals surface area contributed by atoms with Gasteiger partial charge in [0.15, 0.2) is 0 Å². The molecule has 0 saturated carbocycles. The van der Waals surface area contributed by atoms with Crippen molar-refractivity contribution in [3.63, 3.8) is 0 Å². The van der Waals surface area contributed by atoms with E-state index in [0.717, 1.165) is 12.2 Å². The molecular weight excluding hydrogens is 467 g/mol. The Balaban J connectivity index is 1.78. The molecule has 0 saturated heterocycles. The van der Waals surface area contributed by atoms with Crippen molar-refractivity contribution >= 4 is 52.1 Å². The number of hydrogen-bond acceptors (Lipinski definition) is 2. The monoisotopic (exact) mass is 484 g/mol. The summed E-state index contributed by atoms with van der Waals surface area (Å²) in [6, 6.07) is 21.2. The summed E-state index contributed by atoms with van der Waals surface area (Å²) in [5.74, 6) is 0.922. The molecule has 0 radical (unpaired) electrons. The molecule has 0 atom stereocenters. The number of hydrogen-bond donors (Lipinski definition) is 0. The van der Waals surface area contributed by atoms with Crippen molar-refractivity contribution in [2.24, 2.45) is 7.05 Å². The van der Waals surface area contributed by atoms with Crippen molar-refractivity contribution in [2.45, 2.75) is 6.42 Å². The van der Waals surface area contributed by atoms with Gasteiger partial charge in [0.25, 0.3) is 0 Å². The minimum Gasteiger partial charge on any atom is -0.464 e. The highest BCUT2D eigenvalue weighted by molar-refractivity contribution is 14.2. The Bertz CT molecular complexity index is 1250. The van der Waals surface area contributed by atoms with E-state index < -0.39 is 0 Å². The van der Waals surface area contributed by atoms with Crippen molar-refractivity contribution in [3.05, 3.63) is 84.4 Å². The normalized spacial score (nSPS) is 11.6. The van der Waals surface area contributed by atoms with Crippen LogP contribution in [0.15, 0.2) is 77.5 Å². The maximum absolute atomic E-state index is 5.83. The van der Waals surface area contributed by atoms with Gasteiger partial charge in [0.1, 0.15) is 5.76 Å². The smallest absolute Gasteiger partial charge is 0.136 e. The summed E-state index contributed by atoms with van der Waals surface area (Å²) in [5, 5.41) is 2.53. The first-order valence-electron chi connectivity index (χ1n) is 8.76. The highest BCUT2D eigenvalue weighted by Gasteiger charge is 2.21. The van der Waals surface area contributed by atoms with Crippen molar-refractivity contribution < 1.29 is 4.42 Å². The molecule has 0 fully saturated rings. The molecule has 5 rings (SSSR count). The number of aryl methyl sites for hydroxylation is 1. The van der Waals surface area contributed by atoms with Crippen LogP contribution in [0.4, 0.5) is 0 Å². The van der Waals surface area contributed by atoms with Gasteiger partial charge in [0.05, 0.1) is 11.8 Å². The van der Waals surface area contributed by atoms with E-state index in [1.807, 2.05) is 6.07 Å². The molecule has 0 N–H and O–H groups in total. The van der Waals surface area contributed by atoms with E-state index in [0.29, 0.717) is 0 Å². The van der Waals surface area contributed by atoms with Crippen LogP contribution >= 0.6 is 30.3 Å². The third-order valence-corrected chi connectivity index (χ3v) is 6.84. The molecule has 134 valence electrons. The molecule has 5 aromatic rings. The summed E-state index contributed by atoms with van der Waals surface area (Å²) in [6.07, 6.45) is 4.85. The average molecular weight is 484 g/mol. The summed E-state index contributed by atoms with van der Waals surface area (Å²) in [4.78, 5) is 0. The summed E-state index contributed by atoms with van der Waals surface area (Å²) < 4.78 is 10.4.